The molecular weight excluding hydrogens is 680 g/mol. The second-order valence-corrected chi connectivity index (χ2v) is 20.6. The summed E-state index contributed by atoms with van der Waals surface area (Å²) in [4.78, 5) is 46.9. The van der Waals surface area contributed by atoms with E-state index in [-0.39, 0.29) is 41.6 Å². The first-order valence-corrected chi connectivity index (χ1v) is 20.7. The maximum Gasteiger partial charge on any atom is 0.436 e. The highest BCUT2D eigenvalue weighted by molar-refractivity contribution is 5.90. The van der Waals surface area contributed by atoms with Crippen molar-refractivity contribution in [1.29, 1.82) is 0 Å². The van der Waals surface area contributed by atoms with Crippen molar-refractivity contribution < 1.29 is 48.1 Å². The van der Waals surface area contributed by atoms with Gasteiger partial charge in [0.2, 0.25) is 11.6 Å². The van der Waals surface area contributed by atoms with Gasteiger partial charge in [-0.2, -0.15) is 0 Å². The average molecular weight is 747 g/mol. The Morgan fingerprint density at radius 2 is 1.17 bits per heavy atom. The van der Waals surface area contributed by atoms with Gasteiger partial charge in [0.05, 0.1) is 11.8 Å². The Hall–Kier alpha value is -1.38. The SMILES string of the molecule is C[C@H]1[C@@H](/C(C[C@H]2O[C@@H]3O[C@@]4(C)CC[C@H]5[C@H](C)CC[C@@H]([C@H]2C)[C@@]35OO4)=N\OC(=O)N(C(C)(C)C)C(C)(C)C)O[C@@H]2O[C@@]3(C)CC[C@H]4[C@H](C)CC[C@@H]1[C@@]24OO3. The van der Waals surface area contributed by atoms with Gasteiger partial charge in [-0.25, -0.2) is 24.3 Å². The zero-order valence-electron chi connectivity index (χ0n) is 34.3. The highest BCUT2D eigenvalue weighted by Crippen LogP contribution is 2.63. The van der Waals surface area contributed by atoms with Crippen molar-refractivity contribution in [1.82, 2.24) is 4.90 Å². The molecule has 300 valence electrons. The minimum Gasteiger partial charge on any atom is -0.345 e. The number of carbonyl (C=O) groups excluding carboxylic acids is 1. The zero-order valence-corrected chi connectivity index (χ0v) is 34.3. The molecule has 0 unspecified atom stereocenters. The molecule has 8 heterocycles. The van der Waals surface area contributed by atoms with Gasteiger partial charge < -0.3 is 18.9 Å². The van der Waals surface area contributed by atoms with E-state index in [0.29, 0.717) is 24.0 Å². The first-order valence-electron chi connectivity index (χ1n) is 20.7. The van der Waals surface area contributed by atoms with Crippen LogP contribution >= 0.6 is 0 Å². The largest absolute Gasteiger partial charge is 0.436 e. The standard InChI is InChI=1S/C41H66N2O10/c1-22-13-15-28-24(3)31(45-33-40(28)26(22)17-19-38(11,47-33)50-52-40)21-30(42-49-35(44)43(36(5,6)7)37(8,9)10)32-25(4)29-16-14-23(2)27-18-20-39(12)48-34(46-32)41(27,29)53-51-39/h22-29,31-34H,13-21H2,1-12H3/b42-30-/t22-,23-,24-,25-,26+,27+,28+,29+,31-,32+,33-,34-,38-,39-,40-,41-/m1/s1. The second-order valence-electron chi connectivity index (χ2n) is 20.6. The molecule has 53 heavy (non-hydrogen) atoms. The molecule has 0 N–H and O–H groups in total. The summed E-state index contributed by atoms with van der Waals surface area (Å²) < 4.78 is 27.6. The molecule has 0 radical (unpaired) electrons. The number of ether oxygens (including phenoxy) is 4. The van der Waals surface area contributed by atoms with E-state index >= 15 is 0 Å². The van der Waals surface area contributed by atoms with Crippen LogP contribution in [0.5, 0.6) is 0 Å². The number of fused-ring (bicyclic) bond motifs is 4. The van der Waals surface area contributed by atoms with Crippen LogP contribution in [0.2, 0.25) is 0 Å². The number of hydrogen-bond donors (Lipinski definition) is 0. The Bertz CT molecular complexity index is 1450. The molecule has 12 nitrogen and oxygen atoms in total. The fourth-order valence-corrected chi connectivity index (χ4v) is 12.6. The molecule has 4 bridgehead atoms. The quantitative estimate of drug-likeness (QED) is 0.121. The normalized spacial score (nSPS) is 50.8. The van der Waals surface area contributed by atoms with Crippen molar-refractivity contribution in [3.05, 3.63) is 0 Å². The predicted molar refractivity (Wildman–Crippen MR) is 194 cm³/mol. The number of carbonyl (C=O) groups is 1. The lowest BCUT2D eigenvalue weighted by Gasteiger charge is -2.61. The lowest BCUT2D eigenvalue weighted by Crippen LogP contribution is -2.71. The fraction of sp³-hybridized carbons (Fsp3) is 0.951. The highest BCUT2D eigenvalue weighted by atomic mass is 17.3. The maximum absolute atomic E-state index is 14.0. The molecule has 2 spiro atoms. The third kappa shape index (κ3) is 5.97. The molecule has 12 heteroatoms. The summed E-state index contributed by atoms with van der Waals surface area (Å²) in [6.45, 7) is 25.1. The van der Waals surface area contributed by atoms with E-state index in [1.807, 2.05) is 55.4 Å². The summed E-state index contributed by atoms with van der Waals surface area (Å²) in [7, 11) is 0. The minimum absolute atomic E-state index is 0.0411. The Balaban J connectivity index is 1.16. The minimum atomic E-state index is -0.912. The molecule has 2 saturated carbocycles. The maximum atomic E-state index is 14.0. The number of oxime groups is 1. The van der Waals surface area contributed by atoms with Gasteiger partial charge in [-0.3, -0.25) is 9.74 Å². The first kappa shape index (κ1) is 38.5. The van der Waals surface area contributed by atoms with E-state index in [0.717, 1.165) is 51.4 Å². The Morgan fingerprint density at radius 1 is 0.679 bits per heavy atom. The molecule has 0 aromatic heterocycles. The zero-order chi connectivity index (χ0) is 38.1. The van der Waals surface area contributed by atoms with Gasteiger partial charge in [-0.05, 0) is 129 Å². The molecule has 0 aromatic carbocycles. The number of amides is 1. The molecule has 0 aromatic rings. The monoisotopic (exact) mass is 746 g/mol. The van der Waals surface area contributed by atoms with Gasteiger partial charge in [0.15, 0.2) is 23.8 Å². The Kier molecular flexibility index (Phi) is 9.31. The van der Waals surface area contributed by atoms with Crippen molar-refractivity contribution in [2.24, 2.45) is 52.5 Å². The van der Waals surface area contributed by atoms with Gasteiger partial charge in [0.25, 0.3) is 0 Å². The van der Waals surface area contributed by atoms with E-state index in [4.69, 9.17) is 48.5 Å². The van der Waals surface area contributed by atoms with E-state index in [1.54, 1.807) is 4.90 Å². The topological polar surface area (TPSA) is 116 Å². The average Bonchev–Trinajstić information content (AvgIpc) is 3.43. The van der Waals surface area contributed by atoms with E-state index < -0.39 is 58.6 Å². The lowest BCUT2D eigenvalue weighted by molar-refractivity contribution is -0.571. The van der Waals surface area contributed by atoms with Crippen LogP contribution < -0.4 is 0 Å². The summed E-state index contributed by atoms with van der Waals surface area (Å²) in [6, 6.07) is 0. The van der Waals surface area contributed by atoms with E-state index in [9.17, 15) is 4.79 Å². The Labute approximate surface area is 316 Å². The molecule has 10 aliphatic rings. The van der Waals surface area contributed by atoms with Crippen LogP contribution in [0.4, 0.5) is 4.79 Å². The number of hydrogen-bond acceptors (Lipinski definition) is 11. The molecule has 10 rings (SSSR count). The highest BCUT2D eigenvalue weighted by Gasteiger charge is 2.71. The van der Waals surface area contributed by atoms with Crippen molar-refractivity contribution in [2.75, 3.05) is 0 Å². The van der Waals surface area contributed by atoms with Gasteiger partial charge in [-0.15, -0.1) is 0 Å². The molecule has 10 fully saturated rings. The second kappa shape index (κ2) is 12.8. The predicted octanol–water partition coefficient (Wildman–Crippen LogP) is 8.27. The lowest BCUT2D eigenvalue weighted by atomic mass is 9.56. The molecule has 16 atom stereocenters. The van der Waals surface area contributed by atoms with Crippen LogP contribution in [0, 0.1) is 47.3 Å². The van der Waals surface area contributed by atoms with Crippen LogP contribution in [0.1, 0.15) is 141 Å². The van der Waals surface area contributed by atoms with Crippen LogP contribution in [-0.2, 0) is 43.3 Å². The van der Waals surface area contributed by atoms with Crippen LogP contribution in [-0.4, -0.2) is 75.3 Å². The fourth-order valence-electron chi connectivity index (χ4n) is 12.6. The molecule has 1 amide bonds. The molecule has 8 saturated heterocycles. The van der Waals surface area contributed by atoms with Gasteiger partial charge in [0, 0.05) is 42.2 Å². The van der Waals surface area contributed by atoms with E-state index in [1.165, 1.54) is 0 Å². The number of rotatable bonds is 4. The smallest absolute Gasteiger partial charge is 0.345 e. The van der Waals surface area contributed by atoms with Crippen molar-refractivity contribution in [3.8, 4) is 0 Å². The van der Waals surface area contributed by atoms with E-state index in [2.05, 4.69) is 27.7 Å². The van der Waals surface area contributed by atoms with Crippen LogP contribution in [0.15, 0.2) is 5.16 Å². The Morgan fingerprint density at radius 3 is 1.68 bits per heavy atom. The van der Waals surface area contributed by atoms with Gasteiger partial charge in [-0.1, -0.05) is 32.9 Å². The van der Waals surface area contributed by atoms with Gasteiger partial charge >= 0.3 is 6.09 Å². The summed E-state index contributed by atoms with van der Waals surface area (Å²) in [5, 5.41) is 4.80. The van der Waals surface area contributed by atoms with Crippen molar-refractivity contribution in [2.45, 2.75) is 200 Å². The van der Waals surface area contributed by atoms with Crippen molar-refractivity contribution >= 4 is 11.8 Å². The summed E-state index contributed by atoms with van der Waals surface area (Å²) in [5.74, 6) is -0.126. The third-order valence-corrected chi connectivity index (χ3v) is 15.0. The van der Waals surface area contributed by atoms with Crippen molar-refractivity contribution in [3.63, 3.8) is 0 Å². The van der Waals surface area contributed by atoms with Crippen LogP contribution in [0.25, 0.3) is 0 Å². The summed E-state index contributed by atoms with van der Waals surface area (Å²) in [5.41, 5.74) is -1.78. The number of nitrogens with zero attached hydrogens (tertiary/aromatic N) is 2. The molecular formula is C41H66N2O10. The third-order valence-electron chi connectivity index (χ3n) is 15.0. The summed E-state index contributed by atoms with van der Waals surface area (Å²) in [6.07, 6.45) is 5.32. The molecule has 2 aliphatic carbocycles. The van der Waals surface area contributed by atoms with Crippen LogP contribution in [0.3, 0.4) is 0 Å². The first-order chi connectivity index (χ1) is 24.7. The van der Waals surface area contributed by atoms with Gasteiger partial charge in [0.1, 0.15) is 6.10 Å². The molecule has 8 aliphatic heterocycles. The summed E-state index contributed by atoms with van der Waals surface area (Å²) >= 11 is 0.